The maximum atomic E-state index is 12.2. The Bertz CT molecular complexity index is 571. The van der Waals surface area contributed by atoms with Gasteiger partial charge in [0, 0.05) is 24.4 Å². The molecular weight excluding hydrogens is 318 g/mol. The Labute approximate surface area is 139 Å². The van der Waals surface area contributed by atoms with Gasteiger partial charge in [-0.2, -0.15) is 0 Å². The van der Waals surface area contributed by atoms with Crippen LogP contribution in [-0.2, 0) is 4.74 Å². The molecule has 0 saturated carbocycles. The molecule has 0 aromatic carbocycles. The molecule has 1 aliphatic heterocycles. The fourth-order valence-electron chi connectivity index (χ4n) is 2.32. The van der Waals surface area contributed by atoms with Gasteiger partial charge in [0.2, 0.25) is 0 Å². The van der Waals surface area contributed by atoms with Gasteiger partial charge in [-0.15, -0.1) is 11.8 Å². The molecule has 0 unspecified atom stereocenters. The summed E-state index contributed by atoms with van der Waals surface area (Å²) in [4.78, 5) is 28.2. The zero-order valence-corrected chi connectivity index (χ0v) is 14.3. The zero-order valence-electron chi connectivity index (χ0n) is 13.5. The van der Waals surface area contributed by atoms with Gasteiger partial charge in [0.25, 0.3) is 5.69 Å². The number of carbonyl (C=O) groups is 1. The molecule has 1 fully saturated rings. The molecule has 0 radical (unpaired) electrons. The summed E-state index contributed by atoms with van der Waals surface area (Å²) in [6.07, 6.45) is 2.86. The maximum absolute atomic E-state index is 12.2. The van der Waals surface area contributed by atoms with E-state index in [4.69, 9.17) is 4.74 Å². The molecule has 2 rings (SSSR count). The van der Waals surface area contributed by atoms with Crippen LogP contribution < -0.4 is 0 Å². The summed E-state index contributed by atoms with van der Waals surface area (Å²) < 4.78 is 5.43. The zero-order chi connectivity index (χ0) is 17.0. The van der Waals surface area contributed by atoms with Crippen molar-refractivity contribution in [1.82, 2.24) is 9.88 Å². The number of pyridine rings is 1. The van der Waals surface area contributed by atoms with Crippen LogP contribution in [0.1, 0.15) is 33.6 Å². The van der Waals surface area contributed by atoms with E-state index < -0.39 is 10.5 Å². The first-order valence-electron chi connectivity index (χ1n) is 7.49. The lowest BCUT2D eigenvalue weighted by atomic mass is 10.2. The number of nitrogens with zero attached hydrogens (tertiary/aromatic N) is 3. The van der Waals surface area contributed by atoms with E-state index in [9.17, 15) is 14.9 Å². The molecule has 0 spiro atoms. The fraction of sp³-hybridized carbons (Fsp3) is 0.600. The van der Waals surface area contributed by atoms with Crippen molar-refractivity contribution in [1.29, 1.82) is 0 Å². The van der Waals surface area contributed by atoms with Crippen LogP contribution in [-0.4, -0.2) is 44.8 Å². The second-order valence-corrected chi connectivity index (χ2v) is 7.43. The normalized spacial score (nSPS) is 18.0. The molecule has 0 N–H and O–H groups in total. The third-order valence-electron chi connectivity index (χ3n) is 3.36. The predicted octanol–water partition coefficient (Wildman–Crippen LogP) is 3.48. The van der Waals surface area contributed by atoms with Crippen LogP contribution in [0.2, 0.25) is 0 Å². The topological polar surface area (TPSA) is 85.6 Å². The first-order chi connectivity index (χ1) is 10.8. The summed E-state index contributed by atoms with van der Waals surface area (Å²) >= 11 is 1.49. The number of nitro groups is 1. The molecule has 1 saturated heterocycles. The summed E-state index contributed by atoms with van der Waals surface area (Å²) in [5.41, 5.74) is -0.525. The van der Waals surface area contributed by atoms with Gasteiger partial charge in [0.05, 0.1) is 9.95 Å². The summed E-state index contributed by atoms with van der Waals surface area (Å²) in [5, 5.41) is 11.3. The first kappa shape index (κ1) is 17.5. The molecule has 8 heteroatoms. The van der Waals surface area contributed by atoms with Crippen LogP contribution in [0.3, 0.4) is 0 Å². The molecule has 23 heavy (non-hydrogen) atoms. The lowest BCUT2D eigenvalue weighted by Gasteiger charge is -2.28. The fourth-order valence-corrected chi connectivity index (χ4v) is 3.32. The molecule has 1 aromatic heterocycles. The second kappa shape index (κ2) is 7.16. The average molecular weight is 339 g/mol. The minimum absolute atomic E-state index is 0.0226. The molecule has 126 valence electrons. The van der Waals surface area contributed by atoms with Crippen molar-refractivity contribution in [3.8, 4) is 0 Å². The first-order valence-corrected chi connectivity index (χ1v) is 8.48. The van der Waals surface area contributed by atoms with Crippen molar-refractivity contribution in [2.75, 3.05) is 12.3 Å². The molecule has 1 atom stereocenters. The largest absolute Gasteiger partial charge is 0.444 e. The second-order valence-electron chi connectivity index (χ2n) is 6.39. The third-order valence-corrected chi connectivity index (χ3v) is 4.45. The van der Waals surface area contributed by atoms with Crippen LogP contribution in [0.4, 0.5) is 10.5 Å². The molecular formula is C15H21N3O4S. The van der Waals surface area contributed by atoms with Crippen LogP contribution in [0, 0.1) is 10.1 Å². The lowest BCUT2D eigenvalue weighted by Crippen LogP contribution is -2.40. The van der Waals surface area contributed by atoms with Gasteiger partial charge >= 0.3 is 6.09 Å². The highest BCUT2D eigenvalue weighted by molar-refractivity contribution is 7.99. The van der Waals surface area contributed by atoms with Crippen molar-refractivity contribution in [2.45, 2.75) is 50.3 Å². The van der Waals surface area contributed by atoms with Gasteiger partial charge in [0.1, 0.15) is 11.8 Å². The molecule has 0 aliphatic carbocycles. The van der Waals surface area contributed by atoms with E-state index in [1.165, 1.54) is 24.0 Å². The molecule has 0 bridgehead atoms. The number of hydrogen-bond acceptors (Lipinski definition) is 6. The number of hydrogen-bond donors (Lipinski definition) is 0. The maximum Gasteiger partial charge on any atom is 0.410 e. The van der Waals surface area contributed by atoms with Crippen LogP contribution in [0.15, 0.2) is 23.4 Å². The summed E-state index contributed by atoms with van der Waals surface area (Å²) in [7, 11) is 0. The Kier molecular flexibility index (Phi) is 5.46. The van der Waals surface area contributed by atoms with Gasteiger partial charge in [-0.05, 0) is 39.7 Å². The van der Waals surface area contributed by atoms with E-state index in [1.54, 1.807) is 11.0 Å². The van der Waals surface area contributed by atoms with E-state index in [0.717, 1.165) is 12.8 Å². The van der Waals surface area contributed by atoms with Crippen molar-refractivity contribution in [3.05, 3.63) is 28.4 Å². The van der Waals surface area contributed by atoms with Gasteiger partial charge in [0.15, 0.2) is 0 Å². The number of carbonyl (C=O) groups excluding carboxylic acids is 1. The monoisotopic (exact) mass is 339 g/mol. The predicted molar refractivity (Wildman–Crippen MR) is 87.6 cm³/mol. The van der Waals surface area contributed by atoms with Gasteiger partial charge in [-0.25, -0.2) is 9.78 Å². The lowest BCUT2D eigenvalue weighted by molar-refractivity contribution is -0.385. The molecule has 1 aliphatic rings. The van der Waals surface area contributed by atoms with Crippen molar-refractivity contribution < 1.29 is 14.5 Å². The highest BCUT2D eigenvalue weighted by Crippen LogP contribution is 2.27. The van der Waals surface area contributed by atoms with Crippen molar-refractivity contribution in [3.63, 3.8) is 0 Å². The van der Waals surface area contributed by atoms with E-state index >= 15 is 0 Å². The summed E-state index contributed by atoms with van der Waals surface area (Å²) in [6.45, 7) is 6.26. The number of likely N-dealkylation sites (tertiary alicyclic amines) is 1. The van der Waals surface area contributed by atoms with Gasteiger partial charge in [-0.1, -0.05) is 0 Å². The molecule has 1 aromatic rings. The third kappa shape index (κ3) is 5.09. The van der Waals surface area contributed by atoms with Crippen LogP contribution in [0.5, 0.6) is 0 Å². The van der Waals surface area contributed by atoms with Crippen molar-refractivity contribution >= 4 is 23.5 Å². The molecule has 1 amide bonds. The number of aromatic nitrogens is 1. The minimum atomic E-state index is -0.503. The number of amides is 1. The highest BCUT2D eigenvalue weighted by atomic mass is 32.2. The summed E-state index contributed by atoms with van der Waals surface area (Å²) in [5.74, 6) is 0.698. The Hall–Kier alpha value is -1.83. The Morgan fingerprint density at radius 1 is 1.52 bits per heavy atom. The van der Waals surface area contributed by atoms with Crippen LogP contribution in [0.25, 0.3) is 0 Å². The van der Waals surface area contributed by atoms with Gasteiger partial charge in [-0.3, -0.25) is 10.1 Å². The Balaban J connectivity index is 1.91. The summed E-state index contributed by atoms with van der Waals surface area (Å²) in [6, 6.07) is 3.18. The average Bonchev–Trinajstić information content (AvgIpc) is 2.92. The van der Waals surface area contributed by atoms with E-state index in [1.807, 2.05) is 20.8 Å². The standard InChI is InChI=1S/C15H21N3O4S/c1-15(2,3)22-14(19)17-8-4-5-12(17)10-23-13-7-6-11(9-16-13)18(20)21/h6-7,9,12H,4-5,8,10H2,1-3H3/t12-/m1/s1. The smallest absolute Gasteiger partial charge is 0.410 e. The number of rotatable bonds is 4. The van der Waals surface area contributed by atoms with Crippen LogP contribution >= 0.6 is 11.8 Å². The highest BCUT2D eigenvalue weighted by Gasteiger charge is 2.32. The van der Waals surface area contributed by atoms with E-state index in [2.05, 4.69) is 4.98 Å². The SMILES string of the molecule is CC(C)(C)OC(=O)N1CCC[C@@H]1CSc1ccc([N+](=O)[O-])cn1. The van der Waals surface area contributed by atoms with E-state index in [0.29, 0.717) is 17.3 Å². The minimum Gasteiger partial charge on any atom is -0.444 e. The van der Waals surface area contributed by atoms with Crippen molar-refractivity contribution in [2.24, 2.45) is 0 Å². The molecule has 2 heterocycles. The van der Waals surface area contributed by atoms with Gasteiger partial charge < -0.3 is 9.64 Å². The quantitative estimate of drug-likeness (QED) is 0.474. The number of ether oxygens (including phenoxy) is 1. The Morgan fingerprint density at radius 3 is 2.83 bits per heavy atom. The molecule has 7 nitrogen and oxygen atoms in total. The number of thioether (sulfide) groups is 1. The van der Waals surface area contributed by atoms with E-state index in [-0.39, 0.29) is 17.8 Å². The Morgan fingerprint density at radius 2 is 2.26 bits per heavy atom.